The Morgan fingerprint density at radius 1 is 1.08 bits per heavy atom. The molecule has 0 spiro atoms. The Hall–Kier alpha value is -2.33. The molecule has 1 atom stereocenters. The Morgan fingerprint density at radius 2 is 1.83 bits per heavy atom. The summed E-state index contributed by atoms with van der Waals surface area (Å²) in [6.07, 6.45) is 2.19. The quantitative estimate of drug-likeness (QED) is 0.876. The molecule has 1 aliphatic rings. The van der Waals surface area contributed by atoms with Crippen LogP contribution in [-0.2, 0) is 11.2 Å². The monoisotopic (exact) mass is 342 g/mol. The number of hydrogen-bond acceptors (Lipinski definition) is 2. The Balaban J connectivity index is 1.45. The fourth-order valence-electron chi connectivity index (χ4n) is 2.97. The van der Waals surface area contributed by atoms with Crippen molar-refractivity contribution in [1.82, 2.24) is 10.6 Å². The van der Waals surface area contributed by atoms with Gasteiger partial charge in [-0.15, -0.1) is 0 Å². The van der Waals surface area contributed by atoms with E-state index in [0.717, 1.165) is 12.8 Å². The maximum Gasteiger partial charge on any atom is 0.251 e. The molecule has 1 aliphatic carbocycles. The molecule has 124 valence electrons. The number of halogens is 1. The molecule has 2 N–H and O–H groups in total. The average molecular weight is 343 g/mol. The molecule has 2 aromatic rings. The lowest BCUT2D eigenvalue weighted by atomic mass is 10.1. The molecule has 0 aromatic heterocycles. The lowest BCUT2D eigenvalue weighted by molar-refractivity contribution is -0.121. The standard InChI is InChI=1S/C19H19ClN2O2/c20-15-8-5-14(6-9-15)19(24)21-12-11-18(23)22-17-10-7-13-3-1-2-4-16(13)17/h1-6,8-9,17H,7,10-12H2,(H,21,24)(H,22,23)/t17-/m1/s1. The number of aryl methyl sites for hydroxylation is 1. The first kappa shape index (κ1) is 16.5. The van der Waals surface area contributed by atoms with Crippen LogP contribution in [0.25, 0.3) is 0 Å². The summed E-state index contributed by atoms with van der Waals surface area (Å²) in [6.45, 7) is 0.307. The summed E-state index contributed by atoms with van der Waals surface area (Å²) in [7, 11) is 0. The zero-order valence-electron chi connectivity index (χ0n) is 13.2. The van der Waals surface area contributed by atoms with Gasteiger partial charge in [-0.05, 0) is 48.2 Å². The summed E-state index contributed by atoms with van der Waals surface area (Å²) in [4.78, 5) is 24.1. The van der Waals surface area contributed by atoms with Gasteiger partial charge >= 0.3 is 0 Å². The minimum Gasteiger partial charge on any atom is -0.352 e. The Morgan fingerprint density at radius 3 is 2.62 bits per heavy atom. The predicted octanol–water partition coefficient (Wildman–Crippen LogP) is 3.26. The van der Waals surface area contributed by atoms with E-state index in [2.05, 4.69) is 22.8 Å². The molecular weight excluding hydrogens is 324 g/mol. The van der Waals surface area contributed by atoms with Gasteiger partial charge in [-0.2, -0.15) is 0 Å². The van der Waals surface area contributed by atoms with E-state index in [1.807, 2.05) is 12.1 Å². The molecule has 2 amide bonds. The zero-order valence-corrected chi connectivity index (χ0v) is 14.0. The Bertz CT molecular complexity index is 743. The van der Waals surface area contributed by atoms with Gasteiger partial charge in [0.15, 0.2) is 0 Å². The first-order chi connectivity index (χ1) is 11.6. The second-order valence-electron chi connectivity index (χ2n) is 5.87. The lowest BCUT2D eigenvalue weighted by Crippen LogP contribution is -2.32. The number of benzene rings is 2. The summed E-state index contributed by atoms with van der Waals surface area (Å²) in [5.41, 5.74) is 3.04. The predicted molar refractivity (Wildman–Crippen MR) is 94.0 cm³/mol. The van der Waals surface area contributed by atoms with E-state index in [0.29, 0.717) is 17.1 Å². The molecule has 0 saturated carbocycles. The van der Waals surface area contributed by atoms with Gasteiger partial charge in [0.1, 0.15) is 0 Å². The molecule has 4 nitrogen and oxygen atoms in total. The van der Waals surface area contributed by atoms with Crippen molar-refractivity contribution in [3.8, 4) is 0 Å². The van der Waals surface area contributed by atoms with Gasteiger partial charge in [0.2, 0.25) is 5.91 Å². The van der Waals surface area contributed by atoms with Crippen molar-refractivity contribution < 1.29 is 9.59 Å². The maximum absolute atomic E-state index is 12.1. The Labute approximate surface area is 146 Å². The molecule has 0 fully saturated rings. The average Bonchev–Trinajstić information content (AvgIpc) is 2.98. The molecule has 24 heavy (non-hydrogen) atoms. The normalized spacial score (nSPS) is 15.6. The SMILES string of the molecule is O=C(CCNC(=O)c1ccc(Cl)cc1)N[C@@H]1CCc2ccccc21. The molecule has 0 bridgehead atoms. The fraction of sp³-hybridized carbons (Fsp3) is 0.263. The molecule has 5 heteroatoms. The number of amides is 2. The number of fused-ring (bicyclic) bond motifs is 1. The molecular formula is C19H19ClN2O2. The summed E-state index contributed by atoms with van der Waals surface area (Å²) in [5, 5.41) is 6.38. The van der Waals surface area contributed by atoms with Crippen molar-refractivity contribution in [3.63, 3.8) is 0 Å². The van der Waals surface area contributed by atoms with Crippen LogP contribution < -0.4 is 10.6 Å². The summed E-state index contributed by atoms with van der Waals surface area (Å²) < 4.78 is 0. The first-order valence-electron chi connectivity index (χ1n) is 8.04. The van der Waals surface area contributed by atoms with Crippen LogP contribution in [0.4, 0.5) is 0 Å². The Kier molecular flexibility index (Phi) is 5.16. The van der Waals surface area contributed by atoms with Gasteiger partial charge in [-0.1, -0.05) is 35.9 Å². The largest absolute Gasteiger partial charge is 0.352 e. The lowest BCUT2D eigenvalue weighted by Gasteiger charge is -2.14. The van der Waals surface area contributed by atoms with E-state index in [1.165, 1.54) is 11.1 Å². The van der Waals surface area contributed by atoms with Gasteiger partial charge in [0, 0.05) is 23.6 Å². The van der Waals surface area contributed by atoms with E-state index >= 15 is 0 Å². The van der Waals surface area contributed by atoms with Crippen LogP contribution in [0, 0.1) is 0 Å². The van der Waals surface area contributed by atoms with Crippen molar-refractivity contribution in [2.24, 2.45) is 0 Å². The fourth-order valence-corrected chi connectivity index (χ4v) is 3.09. The van der Waals surface area contributed by atoms with E-state index in [1.54, 1.807) is 24.3 Å². The summed E-state index contributed by atoms with van der Waals surface area (Å²) in [5.74, 6) is -0.251. The van der Waals surface area contributed by atoms with Crippen LogP contribution in [0.5, 0.6) is 0 Å². The molecule has 0 heterocycles. The minimum atomic E-state index is -0.203. The smallest absolute Gasteiger partial charge is 0.251 e. The van der Waals surface area contributed by atoms with Gasteiger partial charge in [0.25, 0.3) is 5.91 Å². The number of hydrogen-bond donors (Lipinski definition) is 2. The molecule has 2 aromatic carbocycles. The summed E-state index contributed by atoms with van der Waals surface area (Å²) in [6, 6.07) is 14.9. The van der Waals surface area contributed by atoms with Gasteiger partial charge in [0.05, 0.1) is 6.04 Å². The highest BCUT2D eigenvalue weighted by molar-refractivity contribution is 6.30. The van der Waals surface area contributed by atoms with Crippen molar-refractivity contribution in [2.45, 2.75) is 25.3 Å². The van der Waals surface area contributed by atoms with Crippen LogP contribution in [-0.4, -0.2) is 18.4 Å². The summed E-state index contributed by atoms with van der Waals surface area (Å²) >= 11 is 5.79. The highest BCUT2D eigenvalue weighted by atomic mass is 35.5. The number of nitrogens with one attached hydrogen (secondary N) is 2. The number of rotatable bonds is 5. The second-order valence-corrected chi connectivity index (χ2v) is 6.31. The van der Waals surface area contributed by atoms with Crippen LogP contribution in [0.1, 0.15) is 40.4 Å². The van der Waals surface area contributed by atoms with Crippen LogP contribution in [0.2, 0.25) is 5.02 Å². The topological polar surface area (TPSA) is 58.2 Å². The van der Waals surface area contributed by atoms with Crippen molar-refractivity contribution in [2.75, 3.05) is 6.54 Å². The number of carbonyl (C=O) groups is 2. The van der Waals surface area contributed by atoms with Crippen molar-refractivity contribution in [3.05, 3.63) is 70.2 Å². The maximum atomic E-state index is 12.1. The third-order valence-corrected chi connectivity index (χ3v) is 4.46. The van der Waals surface area contributed by atoms with E-state index in [-0.39, 0.29) is 24.3 Å². The van der Waals surface area contributed by atoms with Crippen LogP contribution in [0.15, 0.2) is 48.5 Å². The molecule has 0 aliphatic heterocycles. The van der Waals surface area contributed by atoms with Crippen molar-refractivity contribution >= 4 is 23.4 Å². The van der Waals surface area contributed by atoms with E-state index in [9.17, 15) is 9.59 Å². The van der Waals surface area contributed by atoms with Gasteiger partial charge in [-0.3, -0.25) is 9.59 Å². The van der Waals surface area contributed by atoms with E-state index in [4.69, 9.17) is 11.6 Å². The first-order valence-corrected chi connectivity index (χ1v) is 8.42. The van der Waals surface area contributed by atoms with Gasteiger partial charge < -0.3 is 10.6 Å². The molecule has 0 unspecified atom stereocenters. The highest BCUT2D eigenvalue weighted by Crippen LogP contribution is 2.30. The van der Waals surface area contributed by atoms with Crippen LogP contribution in [0.3, 0.4) is 0 Å². The third-order valence-electron chi connectivity index (χ3n) is 4.21. The van der Waals surface area contributed by atoms with Gasteiger partial charge in [-0.25, -0.2) is 0 Å². The third kappa shape index (κ3) is 3.95. The number of carbonyl (C=O) groups excluding carboxylic acids is 2. The van der Waals surface area contributed by atoms with Crippen LogP contribution >= 0.6 is 11.6 Å². The van der Waals surface area contributed by atoms with Crippen molar-refractivity contribution in [1.29, 1.82) is 0 Å². The molecule has 0 saturated heterocycles. The minimum absolute atomic E-state index is 0.0480. The highest BCUT2D eigenvalue weighted by Gasteiger charge is 2.23. The molecule has 3 rings (SSSR count). The second kappa shape index (κ2) is 7.49. The molecule has 0 radical (unpaired) electrons. The zero-order chi connectivity index (χ0) is 16.9. The van der Waals surface area contributed by atoms with E-state index < -0.39 is 0 Å².